The van der Waals surface area contributed by atoms with Crippen LogP contribution in [0.1, 0.15) is 41.2 Å². The molecule has 7 nitrogen and oxygen atoms in total. The summed E-state index contributed by atoms with van der Waals surface area (Å²) in [6.45, 7) is 0. The predicted octanol–water partition coefficient (Wildman–Crippen LogP) is 2.40. The van der Waals surface area contributed by atoms with E-state index in [2.05, 4.69) is 10.4 Å². The molecular weight excluding hydrogens is 322 g/mol. The molecule has 0 spiro atoms. The number of aromatic hydroxyl groups is 1. The number of aromatic nitrogens is 2. The van der Waals surface area contributed by atoms with Crippen molar-refractivity contribution in [1.29, 1.82) is 0 Å². The number of esters is 1. The molecule has 0 radical (unpaired) electrons. The van der Waals surface area contributed by atoms with E-state index >= 15 is 0 Å². The monoisotopic (exact) mass is 339 g/mol. The maximum Gasteiger partial charge on any atom is 0.343 e. The molecule has 4 rings (SSSR count). The van der Waals surface area contributed by atoms with Crippen molar-refractivity contribution < 1.29 is 19.4 Å². The number of hydrogen-bond donors (Lipinski definition) is 2. The van der Waals surface area contributed by atoms with Crippen molar-refractivity contribution in [1.82, 2.24) is 9.78 Å². The minimum Gasteiger partial charge on any atom is -0.508 e. The van der Waals surface area contributed by atoms with Crippen LogP contribution in [0.3, 0.4) is 0 Å². The van der Waals surface area contributed by atoms with Crippen LogP contribution in [0.4, 0.5) is 5.82 Å². The van der Waals surface area contributed by atoms with Crippen LogP contribution >= 0.6 is 0 Å². The predicted molar refractivity (Wildman–Crippen MR) is 89.3 cm³/mol. The lowest BCUT2D eigenvalue weighted by atomic mass is 9.85. The Morgan fingerprint density at radius 1 is 1.32 bits per heavy atom. The molecule has 2 heterocycles. The number of rotatable bonds is 2. The second kappa shape index (κ2) is 5.77. The minimum atomic E-state index is -0.482. The molecule has 0 saturated heterocycles. The van der Waals surface area contributed by atoms with Crippen molar-refractivity contribution in [2.24, 2.45) is 0 Å². The Morgan fingerprint density at radius 2 is 2.08 bits per heavy atom. The summed E-state index contributed by atoms with van der Waals surface area (Å²) in [6.07, 6.45) is 3.45. The second-order valence-corrected chi connectivity index (χ2v) is 6.13. The number of nitrogens with one attached hydrogen (secondary N) is 1. The molecule has 0 amide bonds. The zero-order valence-electron chi connectivity index (χ0n) is 13.7. The molecule has 1 aliphatic carbocycles. The molecule has 128 valence electrons. The van der Waals surface area contributed by atoms with Gasteiger partial charge in [-0.05, 0) is 30.5 Å². The quantitative estimate of drug-likeness (QED) is 0.816. The summed E-state index contributed by atoms with van der Waals surface area (Å²) in [5.74, 6) is 0.271. The first-order chi connectivity index (χ1) is 12.1. The Kier molecular flexibility index (Phi) is 3.56. The van der Waals surface area contributed by atoms with Crippen LogP contribution in [0.2, 0.25) is 0 Å². The van der Waals surface area contributed by atoms with Gasteiger partial charge in [0.2, 0.25) is 0 Å². The van der Waals surface area contributed by atoms with E-state index in [4.69, 9.17) is 4.74 Å². The van der Waals surface area contributed by atoms with E-state index < -0.39 is 12.0 Å². The molecule has 0 unspecified atom stereocenters. The Balaban J connectivity index is 1.91. The summed E-state index contributed by atoms with van der Waals surface area (Å²) < 4.78 is 6.47. The van der Waals surface area contributed by atoms with E-state index in [0.29, 0.717) is 23.4 Å². The van der Waals surface area contributed by atoms with Gasteiger partial charge in [0.05, 0.1) is 13.3 Å². The molecule has 0 saturated carbocycles. The highest BCUT2D eigenvalue weighted by molar-refractivity contribution is 6.01. The number of anilines is 1. The summed E-state index contributed by atoms with van der Waals surface area (Å²) in [5, 5.41) is 17.1. The van der Waals surface area contributed by atoms with Gasteiger partial charge in [-0.2, -0.15) is 5.10 Å². The third-order valence-corrected chi connectivity index (χ3v) is 4.65. The Bertz CT molecular complexity index is 896. The molecule has 1 atom stereocenters. The Hall–Kier alpha value is -3.09. The van der Waals surface area contributed by atoms with Crippen LogP contribution in [0.25, 0.3) is 0 Å². The van der Waals surface area contributed by atoms with Gasteiger partial charge in [-0.25, -0.2) is 9.48 Å². The molecule has 0 fully saturated rings. The van der Waals surface area contributed by atoms with Gasteiger partial charge < -0.3 is 15.2 Å². The van der Waals surface area contributed by atoms with E-state index in [1.54, 1.807) is 28.9 Å². The summed E-state index contributed by atoms with van der Waals surface area (Å²) in [5.41, 5.74) is 2.65. The highest BCUT2D eigenvalue weighted by Gasteiger charge is 2.37. The van der Waals surface area contributed by atoms with Crippen LogP contribution in [0, 0.1) is 0 Å². The zero-order valence-corrected chi connectivity index (χ0v) is 13.7. The van der Waals surface area contributed by atoms with E-state index in [9.17, 15) is 14.7 Å². The van der Waals surface area contributed by atoms with Crippen LogP contribution in [-0.2, 0) is 9.53 Å². The molecule has 25 heavy (non-hydrogen) atoms. The maximum absolute atomic E-state index is 12.6. The number of ether oxygens (including phenoxy) is 1. The van der Waals surface area contributed by atoms with Crippen LogP contribution in [-0.4, -0.2) is 33.7 Å². The van der Waals surface area contributed by atoms with E-state index in [1.807, 2.05) is 0 Å². The largest absolute Gasteiger partial charge is 0.508 e. The van der Waals surface area contributed by atoms with Crippen LogP contribution in [0.5, 0.6) is 5.75 Å². The van der Waals surface area contributed by atoms with Gasteiger partial charge in [-0.15, -0.1) is 0 Å². The lowest BCUT2D eigenvalue weighted by Gasteiger charge is -2.33. The molecule has 2 aromatic rings. The standard InChI is InChI=1S/C18H17N3O4/c1-25-18(24)12-9-19-21-16(10-5-7-11(22)8-6-10)15-13(20-17(12)21)3-2-4-14(15)23/h5-9,16,20,22H,2-4H2,1H3/t16-/m1/s1. The van der Waals surface area contributed by atoms with Crippen LogP contribution < -0.4 is 5.32 Å². The number of benzene rings is 1. The first-order valence-corrected chi connectivity index (χ1v) is 8.08. The third kappa shape index (κ3) is 2.39. The van der Waals surface area contributed by atoms with Gasteiger partial charge in [-0.1, -0.05) is 12.1 Å². The lowest BCUT2D eigenvalue weighted by Crippen LogP contribution is -2.31. The van der Waals surface area contributed by atoms with Crippen molar-refractivity contribution in [3.8, 4) is 5.75 Å². The SMILES string of the molecule is COC(=O)c1cnn2c1NC1=C(C(=O)CCC1)[C@H]2c1ccc(O)cc1. The minimum absolute atomic E-state index is 0.0765. The third-order valence-electron chi connectivity index (χ3n) is 4.65. The Labute approximate surface area is 143 Å². The fourth-order valence-corrected chi connectivity index (χ4v) is 3.48. The molecule has 1 aromatic heterocycles. The molecule has 1 aromatic carbocycles. The number of carbonyl (C=O) groups is 2. The summed E-state index contributed by atoms with van der Waals surface area (Å²) >= 11 is 0. The van der Waals surface area contributed by atoms with Crippen LogP contribution in [0.15, 0.2) is 41.7 Å². The number of Topliss-reactive ketones (excluding diaryl/α,β-unsaturated/α-hetero) is 1. The van der Waals surface area contributed by atoms with Crippen molar-refractivity contribution in [2.45, 2.75) is 25.3 Å². The highest BCUT2D eigenvalue weighted by atomic mass is 16.5. The van der Waals surface area contributed by atoms with Gasteiger partial charge in [0, 0.05) is 17.7 Å². The zero-order chi connectivity index (χ0) is 17.6. The average Bonchev–Trinajstić information content (AvgIpc) is 3.04. The molecule has 7 heteroatoms. The number of methoxy groups -OCH3 is 1. The average molecular weight is 339 g/mol. The number of ketones is 1. The number of carbonyl (C=O) groups excluding carboxylic acids is 2. The number of fused-ring (bicyclic) bond motifs is 1. The summed E-state index contributed by atoms with van der Waals surface area (Å²) in [4.78, 5) is 24.6. The number of phenols is 1. The first kappa shape index (κ1) is 15.4. The topological polar surface area (TPSA) is 93.5 Å². The van der Waals surface area contributed by atoms with Gasteiger partial charge in [-0.3, -0.25) is 4.79 Å². The van der Waals surface area contributed by atoms with Crippen molar-refractivity contribution in [2.75, 3.05) is 12.4 Å². The first-order valence-electron chi connectivity index (χ1n) is 8.08. The van der Waals surface area contributed by atoms with E-state index in [1.165, 1.54) is 13.3 Å². The van der Waals surface area contributed by atoms with Crippen molar-refractivity contribution in [3.63, 3.8) is 0 Å². The van der Waals surface area contributed by atoms with Gasteiger partial charge in [0.25, 0.3) is 0 Å². The molecule has 1 aliphatic heterocycles. The number of phenolic OH excluding ortho intramolecular Hbond substituents is 1. The summed E-state index contributed by atoms with van der Waals surface area (Å²) in [7, 11) is 1.32. The molecular formula is C18H17N3O4. The fraction of sp³-hybridized carbons (Fsp3) is 0.278. The fourth-order valence-electron chi connectivity index (χ4n) is 3.48. The number of allylic oxidation sites excluding steroid dienone is 2. The number of nitrogens with zero attached hydrogens (tertiary/aromatic N) is 2. The maximum atomic E-state index is 12.6. The molecule has 2 aliphatic rings. The van der Waals surface area contributed by atoms with Gasteiger partial charge >= 0.3 is 5.97 Å². The van der Waals surface area contributed by atoms with E-state index in [-0.39, 0.29) is 11.5 Å². The van der Waals surface area contributed by atoms with Gasteiger partial charge in [0.15, 0.2) is 5.78 Å². The van der Waals surface area contributed by atoms with Gasteiger partial charge in [0.1, 0.15) is 23.2 Å². The summed E-state index contributed by atoms with van der Waals surface area (Å²) in [6, 6.07) is 6.25. The van der Waals surface area contributed by atoms with E-state index in [0.717, 1.165) is 24.1 Å². The normalized spacial score (nSPS) is 19.1. The number of hydrogen-bond acceptors (Lipinski definition) is 6. The lowest BCUT2D eigenvalue weighted by molar-refractivity contribution is -0.116. The molecule has 2 N–H and O–H groups in total. The highest BCUT2D eigenvalue weighted by Crippen LogP contribution is 2.41. The Morgan fingerprint density at radius 3 is 2.80 bits per heavy atom. The smallest absolute Gasteiger partial charge is 0.343 e. The molecule has 0 bridgehead atoms. The van der Waals surface area contributed by atoms with Crippen molar-refractivity contribution in [3.05, 3.63) is 52.9 Å². The second-order valence-electron chi connectivity index (χ2n) is 6.13. The van der Waals surface area contributed by atoms with Crippen molar-refractivity contribution >= 4 is 17.6 Å².